The van der Waals surface area contributed by atoms with Crippen LogP contribution in [-0.4, -0.2) is 47.7 Å². The Kier molecular flexibility index (Phi) is 9.29. The largest absolute Gasteiger partial charge is 0.497 e. The maximum absolute atomic E-state index is 13.8. The Morgan fingerprint density at radius 3 is 2.72 bits per heavy atom. The first-order valence-electron chi connectivity index (χ1n) is 13.1. The molecule has 0 saturated carbocycles. The van der Waals surface area contributed by atoms with Crippen molar-refractivity contribution in [3.05, 3.63) is 71.7 Å². The SMILES string of the molecule is COc1ccc2nccc(CCC[C@@H]3CCN(CCCCc4ccccc4F)C[C@@H]3CC(=O)O)c2c1. The van der Waals surface area contributed by atoms with E-state index in [0.29, 0.717) is 5.92 Å². The maximum atomic E-state index is 13.8. The number of aromatic nitrogens is 1. The molecule has 1 saturated heterocycles. The third-order valence-electron chi connectivity index (χ3n) is 7.60. The molecule has 1 aliphatic heterocycles. The summed E-state index contributed by atoms with van der Waals surface area (Å²) in [5.74, 6) is 0.604. The minimum absolute atomic E-state index is 0.126. The third kappa shape index (κ3) is 7.03. The van der Waals surface area contributed by atoms with E-state index in [2.05, 4.69) is 22.0 Å². The zero-order valence-electron chi connectivity index (χ0n) is 21.2. The molecule has 2 heterocycles. The van der Waals surface area contributed by atoms with Gasteiger partial charge in [-0.25, -0.2) is 4.39 Å². The molecule has 36 heavy (non-hydrogen) atoms. The lowest BCUT2D eigenvalue weighted by atomic mass is 9.79. The van der Waals surface area contributed by atoms with Crippen LogP contribution in [0, 0.1) is 17.7 Å². The van der Waals surface area contributed by atoms with Crippen molar-refractivity contribution < 1.29 is 19.0 Å². The maximum Gasteiger partial charge on any atom is 0.303 e. The van der Waals surface area contributed by atoms with Crippen LogP contribution in [0.5, 0.6) is 5.75 Å². The van der Waals surface area contributed by atoms with E-state index in [-0.39, 0.29) is 18.2 Å². The van der Waals surface area contributed by atoms with Crippen LogP contribution < -0.4 is 4.74 Å². The van der Waals surface area contributed by atoms with Crippen LogP contribution in [0.15, 0.2) is 54.7 Å². The van der Waals surface area contributed by atoms with E-state index in [9.17, 15) is 14.3 Å². The molecule has 6 heteroatoms. The highest BCUT2D eigenvalue weighted by molar-refractivity contribution is 5.83. The first-order chi connectivity index (χ1) is 17.5. The number of hydrogen-bond donors (Lipinski definition) is 1. The van der Waals surface area contributed by atoms with E-state index in [0.717, 1.165) is 86.8 Å². The van der Waals surface area contributed by atoms with Gasteiger partial charge in [0.1, 0.15) is 11.6 Å². The third-order valence-corrected chi connectivity index (χ3v) is 7.60. The lowest BCUT2D eigenvalue weighted by Gasteiger charge is -2.38. The van der Waals surface area contributed by atoms with E-state index in [1.807, 2.05) is 30.5 Å². The highest BCUT2D eigenvalue weighted by atomic mass is 19.1. The van der Waals surface area contributed by atoms with Crippen LogP contribution in [0.2, 0.25) is 0 Å². The van der Waals surface area contributed by atoms with Gasteiger partial charge in [-0.05, 0) is 111 Å². The summed E-state index contributed by atoms with van der Waals surface area (Å²) < 4.78 is 19.2. The van der Waals surface area contributed by atoms with Gasteiger partial charge in [0.2, 0.25) is 0 Å². The molecule has 5 nitrogen and oxygen atoms in total. The molecule has 1 fully saturated rings. The number of ether oxygens (including phenoxy) is 1. The molecular formula is C30H37FN2O3. The van der Waals surface area contributed by atoms with E-state index in [1.165, 1.54) is 11.6 Å². The van der Waals surface area contributed by atoms with Crippen molar-refractivity contribution in [1.82, 2.24) is 9.88 Å². The number of carbonyl (C=O) groups is 1. The molecule has 2 aromatic carbocycles. The van der Waals surface area contributed by atoms with Crippen molar-refractivity contribution in [3.8, 4) is 5.75 Å². The van der Waals surface area contributed by atoms with Gasteiger partial charge in [0.15, 0.2) is 0 Å². The van der Waals surface area contributed by atoms with Gasteiger partial charge in [-0.2, -0.15) is 0 Å². The van der Waals surface area contributed by atoms with Crippen molar-refractivity contribution in [2.24, 2.45) is 11.8 Å². The Balaban J connectivity index is 1.27. The second-order valence-electron chi connectivity index (χ2n) is 10.0. The van der Waals surface area contributed by atoms with Crippen LogP contribution in [0.4, 0.5) is 4.39 Å². The molecule has 1 aromatic heterocycles. The Hall–Kier alpha value is -2.99. The topological polar surface area (TPSA) is 62.7 Å². The summed E-state index contributed by atoms with van der Waals surface area (Å²) in [6, 6.07) is 15.0. The number of rotatable bonds is 12. The average Bonchev–Trinajstić information content (AvgIpc) is 2.88. The van der Waals surface area contributed by atoms with Crippen LogP contribution >= 0.6 is 0 Å². The number of likely N-dealkylation sites (tertiary alicyclic amines) is 1. The van der Waals surface area contributed by atoms with Gasteiger partial charge in [-0.1, -0.05) is 18.2 Å². The normalized spacial score (nSPS) is 18.4. The number of methoxy groups -OCH3 is 1. The van der Waals surface area contributed by atoms with Gasteiger partial charge < -0.3 is 14.7 Å². The zero-order valence-corrected chi connectivity index (χ0v) is 21.2. The fourth-order valence-electron chi connectivity index (χ4n) is 5.63. The van der Waals surface area contributed by atoms with E-state index in [1.54, 1.807) is 13.2 Å². The van der Waals surface area contributed by atoms with E-state index < -0.39 is 5.97 Å². The number of fused-ring (bicyclic) bond motifs is 1. The number of pyridine rings is 1. The first-order valence-corrected chi connectivity index (χ1v) is 13.1. The molecule has 0 bridgehead atoms. The Labute approximate surface area is 213 Å². The molecule has 4 rings (SSSR count). The molecule has 0 amide bonds. The monoisotopic (exact) mass is 492 g/mol. The number of benzene rings is 2. The predicted octanol–water partition coefficient (Wildman–Crippen LogP) is 6.14. The first kappa shape index (κ1) is 26.1. The molecule has 1 aliphatic rings. The standard InChI is InChI=1S/C30H37FN2O3/c1-36-26-12-13-29-27(20-26)23(14-16-32-29)10-6-9-22-15-18-33(21-25(22)19-30(34)35)17-5-4-8-24-7-2-3-11-28(24)31/h2-3,7,11-14,16,20,22,25H,4-6,8-10,15,17-19,21H2,1H3,(H,34,35)/t22-,25+/m1/s1. The second-order valence-corrected chi connectivity index (χ2v) is 10.0. The Morgan fingerprint density at radius 2 is 1.92 bits per heavy atom. The molecule has 0 radical (unpaired) electrons. The van der Waals surface area contributed by atoms with Crippen molar-refractivity contribution in [2.75, 3.05) is 26.7 Å². The summed E-state index contributed by atoms with van der Waals surface area (Å²) in [7, 11) is 1.68. The number of carboxylic acids is 1. The van der Waals surface area contributed by atoms with Crippen molar-refractivity contribution >= 4 is 16.9 Å². The van der Waals surface area contributed by atoms with E-state index in [4.69, 9.17) is 4.74 Å². The molecule has 192 valence electrons. The number of carboxylic acid groups (broad SMARTS) is 1. The van der Waals surface area contributed by atoms with Crippen molar-refractivity contribution in [3.63, 3.8) is 0 Å². The Bertz CT molecular complexity index is 1150. The lowest BCUT2D eigenvalue weighted by molar-refractivity contribution is -0.139. The van der Waals surface area contributed by atoms with Gasteiger partial charge in [0.05, 0.1) is 12.6 Å². The summed E-state index contributed by atoms with van der Waals surface area (Å²) in [5, 5.41) is 10.7. The molecule has 0 unspecified atom stereocenters. The molecule has 1 N–H and O–H groups in total. The van der Waals surface area contributed by atoms with Crippen molar-refractivity contribution in [2.45, 2.75) is 51.4 Å². The van der Waals surface area contributed by atoms with Crippen LogP contribution in [0.25, 0.3) is 10.9 Å². The quantitative estimate of drug-likeness (QED) is 0.308. The fraction of sp³-hybridized carbons (Fsp3) is 0.467. The molecule has 0 aliphatic carbocycles. The van der Waals surface area contributed by atoms with Crippen LogP contribution in [-0.2, 0) is 17.6 Å². The number of aliphatic carboxylic acids is 1. The van der Waals surface area contributed by atoms with Crippen LogP contribution in [0.1, 0.15) is 49.7 Å². The number of hydrogen-bond acceptors (Lipinski definition) is 4. The predicted molar refractivity (Wildman–Crippen MR) is 141 cm³/mol. The van der Waals surface area contributed by atoms with Crippen molar-refractivity contribution in [1.29, 1.82) is 0 Å². The minimum Gasteiger partial charge on any atom is -0.497 e. The summed E-state index contributed by atoms with van der Waals surface area (Å²) in [4.78, 5) is 18.5. The molecule has 3 aromatic rings. The highest BCUT2D eigenvalue weighted by Gasteiger charge is 2.30. The fourth-order valence-corrected chi connectivity index (χ4v) is 5.63. The van der Waals surface area contributed by atoms with Gasteiger partial charge in [-0.3, -0.25) is 9.78 Å². The Morgan fingerprint density at radius 1 is 1.08 bits per heavy atom. The summed E-state index contributed by atoms with van der Waals surface area (Å²) in [6.07, 6.45) is 8.82. The number of nitrogens with zero attached hydrogens (tertiary/aromatic N) is 2. The number of aryl methyl sites for hydroxylation is 2. The average molecular weight is 493 g/mol. The highest BCUT2D eigenvalue weighted by Crippen LogP contribution is 2.32. The molecular weight excluding hydrogens is 455 g/mol. The van der Waals surface area contributed by atoms with Gasteiger partial charge in [0.25, 0.3) is 0 Å². The summed E-state index contributed by atoms with van der Waals surface area (Å²) >= 11 is 0. The van der Waals surface area contributed by atoms with Gasteiger partial charge in [0, 0.05) is 24.5 Å². The number of halogens is 1. The van der Waals surface area contributed by atoms with Gasteiger partial charge >= 0.3 is 5.97 Å². The van der Waals surface area contributed by atoms with Crippen LogP contribution in [0.3, 0.4) is 0 Å². The zero-order chi connectivity index (χ0) is 25.3. The molecule has 2 atom stereocenters. The second kappa shape index (κ2) is 12.8. The summed E-state index contributed by atoms with van der Waals surface area (Å²) in [6.45, 7) is 2.80. The lowest BCUT2D eigenvalue weighted by Crippen LogP contribution is -2.41. The van der Waals surface area contributed by atoms with E-state index >= 15 is 0 Å². The van der Waals surface area contributed by atoms with Gasteiger partial charge in [-0.15, -0.1) is 0 Å². The molecule has 0 spiro atoms. The number of unbranched alkanes of at least 4 members (excludes halogenated alkanes) is 1. The minimum atomic E-state index is -0.710. The number of piperidine rings is 1. The smallest absolute Gasteiger partial charge is 0.303 e. The summed E-state index contributed by atoms with van der Waals surface area (Å²) in [5.41, 5.74) is 3.02.